The predicted octanol–water partition coefficient (Wildman–Crippen LogP) is 6.04. The van der Waals surface area contributed by atoms with E-state index in [4.69, 9.17) is 10.3 Å². The van der Waals surface area contributed by atoms with Crippen LogP contribution in [0.2, 0.25) is 0 Å². The monoisotopic (exact) mass is 591 g/mol. The fourth-order valence-corrected chi connectivity index (χ4v) is 4.87. The van der Waals surface area contributed by atoms with Gasteiger partial charge in [-0.25, -0.2) is 9.37 Å². The summed E-state index contributed by atoms with van der Waals surface area (Å²) in [6.45, 7) is 2.46. The lowest BCUT2D eigenvalue weighted by Gasteiger charge is -2.11. The number of halogens is 1. The zero-order valence-electron chi connectivity index (χ0n) is 21.8. The maximum atomic E-state index is 12.5. The Morgan fingerprint density at radius 3 is 2.44 bits per heavy atom. The second-order valence-corrected chi connectivity index (χ2v) is 10.9. The predicted molar refractivity (Wildman–Crippen MR) is 158 cm³/mol. The summed E-state index contributed by atoms with van der Waals surface area (Å²) in [6, 6.07) is 21.5. The fraction of sp³-hybridized carbons (Fsp3) is 0.0690. The largest absolute Gasteiger partial charge is 0.331 e. The number of hydrogen-bond donors (Lipinski definition) is 4. The molecule has 12 heteroatoms. The van der Waals surface area contributed by atoms with Crippen molar-refractivity contribution in [3.05, 3.63) is 119 Å². The molecular formula is C29H26FN5O4S2. The van der Waals surface area contributed by atoms with Crippen molar-refractivity contribution in [1.29, 1.82) is 0 Å². The van der Waals surface area contributed by atoms with E-state index in [1.165, 1.54) is 23.5 Å². The van der Waals surface area contributed by atoms with Gasteiger partial charge < -0.3 is 16.4 Å². The number of anilines is 3. The molecule has 5 rings (SSSR count). The van der Waals surface area contributed by atoms with Crippen LogP contribution >= 0.6 is 11.3 Å². The molecule has 41 heavy (non-hydrogen) atoms. The summed E-state index contributed by atoms with van der Waals surface area (Å²) >= 11 is 1.52. The Morgan fingerprint density at radius 1 is 1.05 bits per heavy atom. The molecule has 0 aliphatic rings. The maximum Gasteiger partial charge on any atom is 0.297 e. The molecule has 0 bridgehead atoms. The number of thiazole rings is 1. The van der Waals surface area contributed by atoms with Gasteiger partial charge in [-0.3, -0.25) is 14.3 Å². The summed E-state index contributed by atoms with van der Waals surface area (Å²) in [5.74, 6) is -1.11. The van der Waals surface area contributed by atoms with Crippen molar-refractivity contribution in [3.8, 4) is 11.3 Å². The van der Waals surface area contributed by atoms with Crippen LogP contribution in [0.3, 0.4) is 0 Å². The minimum atomic E-state index is -4.41. The molecule has 9 nitrogen and oxygen atoms in total. The zero-order valence-corrected chi connectivity index (χ0v) is 23.4. The maximum absolute atomic E-state index is 12.5. The van der Waals surface area contributed by atoms with E-state index >= 15 is 0 Å². The Morgan fingerprint density at radius 2 is 1.80 bits per heavy atom. The average molecular weight is 592 g/mol. The number of benzene rings is 3. The summed E-state index contributed by atoms with van der Waals surface area (Å²) < 4.78 is 41.7. The molecule has 0 unspecified atom stereocenters. The summed E-state index contributed by atoms with van der Waals surface area (Å²) in [5.41, 5.74) is 11.7. The molecule has 5 aromatic rings. The van der Waals surface area contributed by atoms with E-state index < -0.39 is 20.8 Å². The lowest BCUT2D eigenvalue weighted by Crippen LogP contribution is -2.12. The Hall–Kier alpha value is -4.49. The second kappa shape index (κ2) is 13.2. The van der Waals surface area contributed by atoms with Crippen LogP contribution in [0.1, 0.15) is 21.5 Å². The molecule has 3 aromatic carbocycles. The van der Waals surface area contributed by atoms with E-state index in [1.54, 1.807) is 24.5 Å². The van der Waals surface area contributed by atoms with Crippen LogP contribution in [-0.4, -0.2) is 28.8 Å². The van der Waals surface area contributed by atoms with E-state index in [0.29, 0.717) is 17.8 Å². The van der Waals surface area contributed by atoms with E-state index in [9.17, 15) is 17.6 Å². The molecule has 0 aliphatic carbocycles. The van der Waals surface area contributed by atoms with Crippen molar-refractivity contribution in [1.82, 2.24) is 9.97 Å². The van der Waals surface area contributed by atoms with Crippen molar-refractivity contribution in [2.45, 2.75) is 18.4 Å². The van der Waals surface area contributed by atoms with Crippen LogP contribution in [0, 0.1) is 12.7 Å². The number of pyridine rings is 1. The number of carbonyl (C=O) groups is 1. The molecule has 0 aliphatic heterocycles. The van der Waals surface area contributed by atoms with Gasteiger partial charge in [-0.2, -0.15) is 8.42 Å². The second-order valence-electron chi connectivity index (χ2n) is 8.69. The highest BCUT2D eigenvalue weighted by Crippen LogP contribution is 2.29. The minimum absolute atomic E-state index is 0.165. The number of amides is 1. The molecule has 2 aromatic heterocycles. The summed E-state index contributed by atoms with van der Waals surface area (Å²) in [7, 11) is -4.41. The average Bonchev–Trinajstić information content (AvgIpc) is 3.44. The van der Waals surface area contributed by atoms with Crippen LogP contribution in [0.25, 0.3) is 11.3 Å². The molecule has 0 radical (unpaired) electrons. The van der Waals surface area contributed by atoms with Crippen molar-refractivity contribution in [2.24, 2.45) is 5.73 Å². The van der Waals surface area contributed by atoms with Crippen LogP contribution in [0.5, 0.6) is 0 Å². The highest BCUT2D eigenvalue weighted by Gasteiger charge is 2.13. The third-order valence-corrected chi connectivity index (χ3v) is 7.41. The molecule has 0 saturated heterocycles. The van der Waals surface area contributed by atoms with Crippen molar-refractivity contribution in [2.75, 3.05) is 10.6 Å². The Bertz CT molecular complexity index is 1750. The van der Waals surface area contributed by atoms with Gasteiger partial charge in [0.25, 0.3) is 16.0 Å². The van der Waals surface area contributed by atoms with Gasteiger partial charge in [-0.05, 0) is 66.6 Å². The van der Waals surface area contributed by atoms with Crippen molar-refractivity contribution < 1.29 is 22.2 Å². The van der Waals surface area contributed by atoms with E-state index in [-0.39, 0.29) is 5.91 Å². The van der Waals surface area contributed by atoms with Gasteiger partial charge in [0.1, 0.15) is 10.7 Å². The summed E-state index contributed by atoms with van der Waals surface area (Å²) in [6.07, 6.45) is 3.53. The normalized spacial score (nSPS) is 10.8. The highest BCUT2D eigenvalue weighted by atomic mass is 32.2. The first kappa shape index (κ1) is 29.5. The van der Waals surface area contributed by atoms with E-state index in [0.717, 1.165) is 45.3 Å². The highest BCUT2D eigenvalue weighted by molar-refractivity contribution is 7.85. The van der Waals surface area contributed by atoms with Crippen LogP contribution in [-0.2, 0) is 16.7 Å². The molecule has 5 N–H and O–H groups in total. The Balaban J connectivity index is 0.000000296. The van der Waals surface area contributed by atoms with Crippen molar-refractivity contribution >= 4 is 43.9 Å². The Labute approximate surface area is 240 Å². The SMILES string of the molecule is Cc1ccc(NC(=O)c2ccc(CN)cc2)cc1Nc1nc(-c2cccnc2)cs1.O=S(=O)(O)c1ccccc1F. The topological polar surface area (TPSA) is 147 Å². The van der Waals surface area contributed by atoms with Gasteiger partial charge in [0.2, 0.25) is 0 Å². The molecule has 0 saturated carbocycles. The Kier molecular flexibility index (Phi) is 9.53. The minimum Gasteiger partial charge on any atom is -0.331 e. The number of hydrogen-bond acceptors (Lipinski definition) is 8. The zero-order chi connectivity index (χ0) is 29.4. The van der Waals surface area contributed by atoms with Gasteiger partial charge in [-0.15, -0.1) is 11.3 Å². The quantitative estimate of drug-likeness (QED) is 0.168. The number of nitrogens with zero attached hydrogens (tertiary/aromatic N) is 2. The molecule has 1 amide bonds. The number of rotatable bonds is 7. The molecule has 0 spiro atoms. The first-order chi connectivity index (χ1) is 19.6. The lowest BCUT2D eigenvalue weighted by molar-refractivity contribution is 0.102. The fourth-order valence-electron chi connectivity index (χ4n) is 3.58. The molecule has 2 heterocycles. The lowest BCUT2D eigenvalue weighted by atomic mass is 10.1. The smallest absolute Gasteiger partial charge is 0.297 e. The van der Waals surface area contributed by atoms with Gasteiger partial charge in [0.15, 0.2) is 5.13 Å². The van der Waals surface area contributed by atoms with Gasteiger partial charge in [0.05, 0.1) is 5.69 Å². The van der Waals surface area contributed by atoms with E-state index in [2.05, 4.69) is 20.6 Å². The number of nitrogens with two attached hydrogens (primary N) is 1. The third-order valence-electron chi connectivity index (χ3n) is 5.76. The van der Waals surface area contributed by atoms with Crippen LogP contribution in [0.15, 0.2) is 102 Å². The first-order valence-corrected chi connectivity index (χ1v) is 14.5. The van der Waals surface area contributed by atoms with Crippen LogP contribution in [0.4, 0.5) is 20.9 Å². The third kappa shape index (κ3) is 8.02. The summed E-state index contributed by atoms with van der Waals surface area (Å²) in [5, 5.41) is 9.06. The van der Waals surface area contributed by atoms with Crippen molar-refractivity contribution in [3.63, 3.8) is 0 Å². The standard InChI is InChI=1S/C23H21N5OS.C6H5FO3S/c1-15-4-9-19(26-22(29)17-7-5-16(12-24)6-8-17)11-20(15)27-23-28-21(14-30-23)18-3-2-10-25-13-18;7-5-3-1-2-4-6(5)11(8,9)10/h2-11,13-14H,12,24H2,1H3,(H,26,29)(H,27,28);1-4H,(H,8,9,10). The molecular weight excluding hydrogens is 565 g/mol. The summed E-state index contributed by atoms with van der Waals surface area (Å²) in [4.78, 5) is 20.6. The number of aromatic nitrogens is 2. The molecule has 0 atom stereocenters. The van der Waals surface area contributed by atoms with Crippen LogP contribution < -0.4 is 16.4 Å². The van der Waals surface area contributed by atoms with Gasteiger partial charge >= 0.3 is 0 Å². The first-order valence-electron chi connectivity index (χ1n) is 12.2. The van der Waals surface area contributed by atoms with E-state index in [1.807, 2.05) is 54.8 Å². The number of nitrogens with one attached hydrogen (secondary N) is 2. The molecule has 0 fully saturated rings. The number of aryl methyl sites for hydroxylation is 1. The van der Waals surface area contributed by atoms with Gasteiger partial charge in [-0.1, -0.05) is 30.3 Å². The number of carbonyl (C=O) groups excluding carboxylic acids is 1. The molecule has 210 valence electrons. The van der Waals surface area contributed by atoms with Gasteiger partial charge in [0, 0.05) is 46.8 Å².